The molecule has 5 heterocycles. The Hall–Kier alpha value is 0.767. The molecule has 4 saturated carbocycles. The smallest absolute Gasteiger partial charge is 0.286 e. The van der Waals surface area contributed by atoms with E-state index in [-0.39, 0.29) is 24.0 Å². The molecule has 5 aliphatic heterocycles. The highest BCUT2D eigenvalue weighted by atomic mass is 35.8. The fraction of sp³-hybridized carbons (Fsp3) is 1.00. The van der Waals surface area contributed by atoms with Gasteiger partial charge in [-0.3, -0.25) is 42.5 Å². The van der Waals surface area contributed by atoms with Crippen LogP contribution in [-0.2, 0) is 0 Å². The molecule has 4 aliphatic carbocycles. The van der Waals surface area contributed by atoms with E-state index in [2.05, 4.69) is 42.5 Å². The number of fused-ring (bicyclic) bond motifs is 20. The van der Waals surface area contributed by atoms with E-state index in [0.29, 0.717) is 78.2 Å². The van der Waals surface area contributed by atoms with Gasteiger partial charge in [-0.05, 0) is 98.7 Å². The summed E-state index contributed by atoms with van der Waals surface area (Å²) >= 11 is 20.8. The number of hydrogen-bond acceptors (Lipinski definition) is 8. The van der Waals surface area contributed by atoms with E-state index >= 15 is 0 Å². The van der Waals surface area contributed by atoms with Crippen molar-refractivity contribution in [3.63, 3.8) is 0 Å². The normalized spacial score (nSPS) is 55.6. The first-order valence-corrected chi connectivity index (χ1v) is 23.7. The maximum absolute atomic E-state index is 6.92. The van der Waals surface area contributed by atoms with Crippen LogP contribution < -0.4 is 42.5 Å². The number of halogens is 3. The zero-order valence-electron chi connectivity index (χ0n) is 26.1. The lowest BCUT2D eigenvalue weighted by Crippen LogP contribution is -2.61. The minimum Gasteiger partial charge on any atom is -0.286 e. The average molecular weight is 686 g/mol. The van der Waals surface area contributed by atoms with Crippen LogP contribution in [0.1, 0.15) is 96.3 Å². The Morgan fingerprint density at radius 3 is 0.909 bits per heavy atom. The molecular weight excluding hydrogens is 631 g/mol. The van der Waals surface area contributed by atoms with Crippen LogP contribution in [0.2, 0.25) is 5.54 Å². The summed E-state index contributed by atoms with van der Waals surface area (Å²) in [6, 6.07) is -2.89. The summed E-state index contributed by atoms with van der Waals surface area (Å²) in [6.07, 6.45) is 21.8. The van der Waals surface area contributed by atoms with Gasteiger partial charge in [-0.25, -0.2) is 0 Å². The first-order chi connectivity index (χ1) is 21.4. The fourth-order valence-electron chi connectivity index (χ4n) is 12.4. The minimum atomic E-state index is -2.89. The van der Waals surface area contributed by atoms with Crippen molar-refractivity contribution in [2.75, 3.05) is 0 Å². The molecule has 0 amide bonds. The van der Waals surface area contributed by atoms with Gasteiger partial charge in [-0.15, -0.1) is 33.2 Å². The van der Waals surface area contributed by atoms with Crippen LogP contribution in [-0.4, -0.2) is 55.3 Å². The SMILES string of the molecule is Cl[Si](Cl)(Cl)C1CCCC2C3NC4NC(NC5NC(NC6NC(NC(N3)C21)C1CCCCC61)C1CCCCC51)C1CCCCC41. The molecule has 8 N–H and O–H groups in total. The van der Waals surface area contributed by atoms with E-state index < -0.39 is 6.00 Å². The Balaban J connectivity index is 1.07. The molecule has 12 heteroatoms. The van der Waals surface area contributed by atoms with Gasteiger partial charge in [-0.2, -0.15) is 0 Å². The van der Waals surface area contributed by atoms with E-state index in [1.807, 2.05) is 0 Å². The molecule has 44 heavy (non-hydrogen) atoms. The van der Waals surface area contributed by atoms with Crippen molar-refractivity contribution >= 4 is 39.2 Å². The van der Waals surface area contributed by atoms with Crippen LogP contribution in [0.25, 0.3) is 0 Å². The van der Waals surface area contributed by atoms with Crippen molar-refractivity contribution < 1.29 is 0 Å². The highest BCUT2D eigenvalue weighted by Gasteiger charge is 2.58. The predicted molar refractivity (Wildman–Crippen MR) is 180 cm³/mol. The second-order valence-corrected chi connectivity index (χ2v) is 25.2. The molecule has 0 spiro atoms. The molecule has 8 bridgehead atoms. The second-order valence-electron chi connectivity index (χ2n) is 16.3. The van der Waals surface area contributed by atoms with Crippen LogP contribution in [0.3, 0.4) is 0 Å². The van der Waals surface area contributed by atoms with Gasteiger partial charge in [0.1, 0.15) is 0 Å². The lowest BCUT2D eigenvalue weighted by molar-refractivity contribution is 0.167. The molecule has 248 valence electrons. The molecule has 0 aromatic rings. The molecule has 9 rings (SSSR count). The average Bonchev–Trinajstić information content (AvgIpc) is 3.76. The Morgan fingerprint density at radius 2 is 0.591 bits per heavy atom. The van der Waals surface area contributed by atoms with Crippen LogP contribution in [0.15, 0.2) is 0 Å². The molecule has 17 atom stereocenters. The Morgan fingerprint density at radius 1 is 0.318 bits per heavy atom. The zero-order valence-corrected chi connectivity index (χ0v) is 29.3. The van der Waals surface area contributed by atoms with Crippen LogP contribution >= 0.6 is 33.2 Å². The summed E-state index contributed by atoms with van der Waals surface area (Å²) in [6.45, 7) is 0. The van der Waals surface area contributed by atoms with Crippen LogP contribution in [0, 0.1) is 47.3 Å². The summed E-state index contributed by atoms with van der Waals surface area (Å²) in [5, 5.41) is 33.5. The van der Waals surface area contributed by atoms with E-state index in [9.17, 15) is 0 Å². The van der Waals surface area contributed by atoms with Crippen LogP contribution in [0.5, 0.6) is 0 Å². The standard InChI is InChI=1S/C32H55Cl3N8Si/c33-44(34,35)23-15-7-14-22-24(23)32-42-30-21-13-6-5-12-20(21)28(40-30)38-26-17-9-2-1-8-16(17)25(36-26)37-27-18-10-3-4-11-19(18)29(39-27)41-31(22)43-32/h16-32,36-43H,1-15H2. The summed E-state index contributed by atoms with van der Waals surface area (Å²) in [5.74, 6) is 4.83. The van der Waals surface area contributed by atoms with Crippen molar-refractivity contribution in [2.45, 2.75) is 151 Å². The number of nitrogens with one attached hydrogen (secondary N) is 8. The highest BCUT2D eigenvalue weighted by molar-refractivity contribution is 7.65. The van der Waals surface area contributed by atoms with E-state index in [1.165, 1.54) is 83.5 Å². The Labute approximate surface area is 279 Å². The van der Waals surface area contributed by atoms with Gasteiger partial charge in [0.05, 0.1) is 49.3 Å². The lowest BCUT2D eigenvalue weighted by atomic mass is 9.76. The Kier molecular flexibility index (Phi) is 8.59. The summed E-state index contributed by atoms with van der Waals surface area (Å²) in [5.41, 5.74) is 0.180. The van der Waals surface area contributed by atoms with Gasteiger partial charge < -0.3 is 0 Å². The number of hydrogen-bond donors (Lipinski definition) is 8. The second kappa shape index (κ2) is 12.3. The van der Waals surface area contributed by atoms with Gasteiger partial charge in [0.25, 0.3) is 0 Å². The third-order valence-electron chi connectivity index (χ3n) is 14.3. The molecular formula is C32H55Cl3N8Si. The highest BCUT2D eigenvalue weighted by Crippen LogP contribution is 2.54. The molecule has 9 fully saturated rings. The van der Waals surface area contributed by atoms with Gasteiger partial charge in [-0.1, -0.05) is 44.9 Å². The van der Waals surface area contributed by atoms with Gasteiger partial charge in [0, 0.05) is 5.54 Å². The van der Waals surface area contributed by atoms with Crippen molar-refractivity contribution in [3.05, 3.63) is 0 Å². The van der Waals surface area contributed by atoms with Gasteiger partial charge >= 0.3 is 6.00 Å². The molecule has 5 saturated heterocycles. The summed E-state index contributed by atoms with van der Waals surface area (Å²) < 4.78 is 0. The largest absolute Gasteiger partial charge is 0.344 e. The van der Waals surface area contributed by atoms with Crippen molar-refractivity contribution in [2.24, 2.45) is 47.3 Å². The quantitative estimate of drug-likeness (QED) is 0.154. The summed E-state index contributed by atoms with van der Waals surface area (Å²) in [4.78, 5) is 0. The first-order valence-electron chi connectivity index (χ1n) is 18.6. The minimum absolute atomic E-state index is 0.145. The molecule has 0 aromatic heterocycles. The molecule has 17 unspecified atom stereocenters. The van der Waals surface area contributed by atoms with Gasteiger partial charge in [0.15, 0.2) is 0 Å². The monoisotopic (exact) mass is 684 g/mol. The topological polar surface area (TPSA) is 96.2 Å². The maximum atomic E-state index is 6.92. The third kappa shape index (κ3) is 5.38. The third-order valence-corrected chi connectivity index (χ3v) is 18.3. The van der Waals surface area contributed by atoms with Gasteiger partial charge in [0.2, 0.25) is 0 Å². The van der Waals surface area contributed by atoms with Crippen molar-refractivity contribution in [1.82, 2.24) is 42.5 Å². The maximum Gasteiger partial charge on any atom is 0.344 e. The number of rotatable bonds is 1. The van der Waals surface area contributed by atoms with Crippen LogP contribution in [0.4, 0.5) is 0 Å². The zero-order chi connectivity index (χ0) is 29.6. The molecule has 0 aromatic carbocycles. The summed E-state index contributed by atoms with van der Waals surface area (Å²) in [7, 11) is 0. The van der Waals surface area contributed by atoms with E-state index in [4.69, 9.17) is 33.2 Å². The Bertz CT molecular complexity index is 1050. The molecule has 9 aliphatic rings. The van der Waals surface area contributed by atoms with Crippen molar-refractivity contribution in [1.29, 1.82) is 0 Å². The molecule has 0 radical (unpaired) electrons. The lowest BCUT2D eigenvalue weighted by Gasteiger charge is -2.41. The van der Waals surface area contributed by atoms with E-state index in [1.54, 1.807) is 0 Å². The fourth-order valence-corrected chi connectivity index (χ4v) is 16.1. The van der Waals surface area contributed by atoms with E-state index in [0.717, 1.165) is 12.8 Å². The predicted octanol–water partition coefficient (Wildman–Crippen LogP) is 4.24. The van der Waals surface area contributed by atoms with Crippen molar-refractivity contribution in [3.8, 4) is 0 Å². The molecule has 8 nitrogen and oxygen atoms in total. The first kappa shape index (κ1) is 30.8.